The summed E-state index contributed by atoms with van der Waals surface area (Å²) < 4.78 is 5.48. The van der Waals surface area contributed by atoms with E-state index in [9.17, 15) is 4.79 Å². The van der Waals surface area contributed by atoms with Crippen molar-refractivity contribution in [2.24, 2.45) is 0 Å². The summed E-state index contributed by atoms with van der Waals surface area (Å²) in [6.07, 6.45) is 3.47. The maximum absolute atomic E-state index is 12.9. The largest absolute Gasteiger partial charge is 0.381 e. The van der Waals surface area contributed by atoms with Gasteiger partial charge in [0.2, 0.25) is 5.91 Å². The molecule has 1 fully saturated rings. The van der Waals surface area contributed by atoms with Crippen molar-refractivity contribution < 1.29 is 9.53 Å². The van der Waals surface area contributed by atoms with Crippen LogP contribution in [0.15, 0.2) is 52.7 Å². The molecule has 0 unspecified atom stereocenters. The smallest absolute Gasteiger partial charge is 0.223 e. The Labute approximate surface area is 158 Å². The lowest BCUT2D eigenvalue weighted by molar-refractivity contribution is -0.134. The number of carbonyl (C=O) groups is 1. The van der Waals surface area contributed by atoms with Gasteiger partial charge in [-0.3, -0.25) is 4.79 Å². The molecular weight excluding hydrogens is 350 g/mol. The van der Waals surface area contributed by atoms with Gasteiger partial charge in [-0.05, 0) is 42.8 Å². The number of hydrogen-bond donors (Lipinski definition) is 0. The number of thioether (sulfide) groups is 1. The van der Waals surface area contributed by atoms with Gasteiger partial charge < -0.3 is 9.64 Å². The van der Waals surface area contributed by atoms with E-state index in [1.54, 1.807) is 23.1 Å². The summed E-state index contributed by atoms with van der Waals surface area (Å²) in [6.45, 7) is 2.36. The zero-order valence-corrected chi connectivity index (χ0v) is 16.1. The molecule has 2 heterocycles. The molecule has 0 spiro atoms. The molecule has 0 N–H and O–H groups in total. The molecule has 2 aromatic rings. The minimum Gasteiger partial charge on any atom is -0.381 e. The average molecular weight is 376 g/mol. The Bertz CT molecular complexity index is 624. The summed E-state index contributed by atoms with van der Waals surface area (Å²) in [4.78, 5) is 17.6. The molecule has 5 heteroatoms. The highest BCUT2D eigenvalue weighted by Crippen LogP contribution is 2.21. The summed E-state index contributed by atoms with van der Waals surface area (Å²) in [5.41, 5.74) is 0. The van der Waals surface area contributed by atoms with E-state index in [2.05, 4.69) is 34.5 Å². The van der Waals surface area contributed by atoms with Gasteiger partial charge in [0.15, 0.2) is 0 Å². The number of carbonyl (C=O) groups excluding carboxylic acids is 1. The van der Waals surface area contributed by atoms with Gasteiger partial charge in [-0.25, -0.2) is 0 Å². The molecule has 3 nitrogen and oxygen atoms in total. The van der Waals surface area contributed by atoms with Crippen LogP contribution in [0, 0.1) is 0 Å². The predicted molar refractivity (Wildman–Crippen MR) is 105 cm³/mol. The number of thiophene rings is 1. The van der Waals surface area contributed by atoms with Crippen molar-refractivity contribution in [2.75, 3.05) is 25.5 Å². The van der Waals surface area contributed by atoms with E-state index in [-0.39, 0.29) is 5.91 Å². The zero-order chi connectivity index (χ0) is 17.3. The Kier molecular flexibility index (Phi) is 7.39. The highest BCUT2D eigenvalue weighted by atomic mass is 32.2. The number of benzene rings is 1. The van der Waals surface area contributed by atoms with Crippen molar-refractivity contribution in [2.45, 2.75) is 36.6 Å². The van der Waals surface area contributed by atoms with E-state index in [4.69, 9.17) is 4.74 Å². The minimum absolute atomic E-state index is 0.284. The van der Waals surface area contributed by atoms with Gasteiger partial charge in [-0.2, -0.15) is 0 Å². The fourth-order valence-corrected chi connectivity index (χ4v) is 4.67. The van der Waals surface area contributed by atoms with Crippen molar-refractivity contribution in [3.8, 4) is 0 Å². The monoisotopic (exact) mass is 375 g/mol. The van der Waals surface area contributed by atoms with Crippen molar-refractivity contribution in [3.63, 3.8) is 0 Å². The molecule has 0 atom stereocenters. The van der Waals surface area contributed by atoms with Crippen LogP contribution < -0.4 is 0 Å². The highest BCUT2D eigenvalue weighted by molar-refractivity contribution is 7.99. The first-order valence-electron chi connectivity index (χ1n) is 8.90. The molecule has 1 aromatic carbocycles. The molecule has 134 valence electrons. The molecule has 25 heavy (non-hydrogen) atoms. The van der Waals surface area contributed by atoms with Crippen LogP contribution in [0.5, 0.6) is 0 Å². The normalized spacial score (nSPS) is 15.2. The van der Waals surface area contributed by atoms with Gasteiger partial charge in [0.05, 0.1) is 0 Å². The van der Waals surface area contributed by atoms with Gasteiger partial charge in [0, 0.05) is 47.7 Å². The summed E-state index contributed by atoms with van der Waals surface area (Å²) in [5, 5.41) is 2.10. The standard InChI is InChI=1S/C20H25NO2S2/c22-20(11-16-25-18-5-2-1-3-6-18)21(17-9-13-23-14-10-17)12-8-19-7-4-15-24-19/h1-7,15,17H,8-14,16H2. The Balaban J connectivity index is 1.53. The molecule has 1 aromatic heterocycles. The average Bonchev–Trinajstić information content (AvgIpc) is 3.17. The second-order valence-corrected chi connectivity index (χ2v) is 8.37. The molecule has 0 saturated carbocycles. The van der Waals surface area contributed by atoms with Crippen LogP contribution in [0.1, 0.15) is 24.1 Å². The van der Waals surface area contributed by atoms with E-state index in [0.717, 1.165) is 44.8 Å². The van der Waals surface area contributed by atoms with Crippen LogP contribution in [0.4, 0.5) is 0 Å². The van der Waals surface area contributed by atoms with Crippen molar-refractivity contribution >= 4 is 29.0 Å². The Morgan fingerprint density at radius 1 is 1.16 bits per heavy atom. The molecule has 0 aliphatic carbocycles. The van der Waals surface area contributed by atoms with Gasteiger partial charge in [-0.15, -0.1) is 23.1 Å². The molecule has 3 rings (SSSR count). The third kappa shape index (κ3) is 5.87. The molecule has 0 bridgehead atoms. The lowest BCUT2D eigenvalue weighted by Crippen LogP contribution is -2.44. The van der Waals surface area contributed by atoms with Crippen molar-refractivity contribution in [1.82, 2.24) is 4.90 Å². The predicted octanol–water partition coefficient (Wildman–Crippen LogP) is 4.48. The summed E-state index contributed by atoms with van der Waals surface area (Å²) in [5.74, 6) is 1.12. The third-order valence-electron chi connectivity index (χ3n) is 4.46. The van der Waals surface area contributed by atoms with Gasteiger partial charge in [0.25, 0.3) is 0 Å². The van der Waals surface area contributed by atoms with Crippen molar-refractivity contribution in [3.05, 3.63) is 52.7 Å². The summed E-state index contributed by atoms with van der Waals surface area (Å²) in [6, 6.07) is 14.9. The first-order valence-corrected chi connectivity index (χ1v) is 10.8. The molecule has 1 aliphatic heterocycles. The van der Waals surface area contributed by atoms with E-state index >= 15 is 0 Å². The van der Waals surface area contributed by atoms with Gasteiger partial charge in [0.1, 0.15) is 0 Å². The molecule has 1 aliphatic rings. The Morgan fingerprint density at radius 3 is 2.68 bits per heavy atom. The molecule has 1 saturated heterocycles. The third-order valence-corrected chi connectivity index (χ3v) is 6.41. The topological polar surface area (TPSA) is 29.5 Å². The van der Waals surface area contributed by atoms with E-state index in [1.165, 1.54) is 9.77 Å². The number of nitrogens with zero attached hydrogens (tertiary/aromatic N) is 1. The van der Waals surface area contributed by atoms with Crippen LogP contribution in [0.2, 0.25) is 0 Å². The number of ether oxygens (including phenoxy) is 1. The van der Waals surface area contributed by atoms with Crippen LogP contribution in [0.3, 0.4) is 0 Å². The number of amides is 1. The van der Waals surface area contributed by atoms with E-state index in [1.807, 2.05) is 18.2 Å². The van der Waals surface area contributed by atoms with E-state index < -0.39 is 0 Å². The Hall–Kier alpha value is -1.30. The molecule has 1 amide bonds. The summed E-state index contributed by atoms with van der Waals surface area (Å²) in [7, 11) is 0. The van der Waals surface area contributed by atoms with Crippen LogP contribution in [-0.4, -0.2) is 42.4 Å². The minimum atomic E-state index is 0.284. The highest BCUT2D eigenvalue weighted by Gasteiger charge is 2.25. The van der Waals surface area contributed by atoms with Crippen LogP contribution in [-0.2, 0) is 16.0 Å². The number of hydrogen-bond acceptors (Lipinski definition) is 4. The molecular formula is C20H25NO2S2. The zero-order valence-electron chi connectivity index (χ0n) is 14.4. The van der Waals surface area contributed by atoms with E-state index in [0.29, 0.717) is 12.5 Å². The first kappa shape index (κ1) is 18.5. The fourth-order valence-electron chi connectivity index (χ4n) is 3.11. The molecule has 0 radical (unpaired) electrons. The first-order chi connectivity index (χ1) is 12.3. The second-order valence-electron chi connectivity index (χ2n) is 6.17. The van der Waals surface area contributed by atoms with Crippen molar-refractivity contribution in [1.29, 1.82) is 0 Å². The maximum atomic E-state index is 12.9. The van der Waals surface area contributed by atoms with Gasteiger partial charge >= 0.3 is 0 Å². The van der Waals surface area contributed by atoms with Crippen LogP contribution in [0.25, 0.3) is 0 Å². The summed E-state index contributed by atoms with van der Waals surface area (Å²) >= 11 is 3.53. The SMILES string of the molecule is O=C(CCSc1ccccc1)N(CCc1cccs1)C1CCOCC1. The van der Waals surface area contributed by atoms with Gasteiger partial charge in [-0.1, -0.05) is 24.3 Å². The maximum Gasteiger partial charge on any atom is 0.223 e. The second kappa shape index (κ2) is 10.00. The number of rotatable bonds is 8. The lowest BCUT2D eigenvalue weighted by atomic mass is 10.1. The quantitative estimate of drug-likeness (QED) is 0.637. The Morgan fingerprint density at radius 2 is 1.96 bits per heavy atom. The lowest BCUT2D eigenvalue weighted by Gasteiger charge is -2.34. The fraction of sp³-hybridized carbons (Fsp3) is 0.450. The van der Waals surface area contributed by atoms with Crippen LogP contribution >= 0.6 is 23.1 Å².